The molecule has 3 nitrogen and oxygen atoms in total. The van der Waals surface area contributed by atoms with Crippen LogP contribution in [0.15, 0.2) is 16.9 Å². The molecular weight excluding hydrogens is 185 g/mol. The van der Waals surface area contributed by atoms with E-state index in [9.17, 15) is 18.0 Å². The van der Waals surface area contributed by atoms with Crippen LogP contribution in [0.2, 0.25) is 0 Å². The molecule has 68 valence electrons. The van der Waals surface area contributed by atoms with Crippen LogP contribution in [0, 0.1) is 11.3 Å². The van der Waals surface area contributed by atoms with Gasteiger partial charge in [-0.05, 0) is 6.07 Å². The Morgan fingerprint density at radius 3 is 2.46 bits per heavy atom. The maximum absolute atomic E-state index is 12.0. The van der Waals surface area contributed by atoms with Crippen molar-refractivity contribution in [1.29, 1.82) is 5.26 Å². The van der Waals surface area contributed by atoms with E-state index in [0.717, 1.165) is 0 Å². The van der Waals surface area contributed by atoms with Crippen LogP contribution < -0.4 is 5.56 Å². The van der Waals surface area contributed by atoms with Crippen molar-refractivity contribution in [2.75, 3.05) is 0 Å². The summed E-state index contributed by atoms with van der Waals surface area (Å²) in [5.74, 6) is 0. The van der Waals surface area contributed by atoms with Gasteiger partial charge in [-0.2, -0.15) is 18.4 Å². The molecule has 6 heteroatoms. The number of pyridine rings is 1. The summed E-state index contributed by atoms with van der Waals surface area (Å²) in [6.45, 7) is 0. The minimum atomic E-state index is -4.60. The van der Waals surface area contributed by atoms with E-state index in [1.54, 1.807) is 0 Å². The summed E-state index contributed by atoms with van der Waals surface area (Å²) in [4.78, 5) is 12.6. The van der Waals surface area contributed by atoms with Gasteiger partial charge in [0.2, 0.25) is 5.56 Å². The minimum Gasteiger partial charge on any atom is -0.314 e. The Morgan fingerprint density at radius 1 is 1.38 bits per heavy atom. The van der Waals surface area contributed by atoms with E-state index in [4.69, 9.17) is 5.26 Å². The van der Waals surface area contributed by atoms with Gasteiger partial charge in [0.15, 0.2) is 0 Å². The van der Waals surface area contributed by atoms with Crippen LogP contribution >= 0.6 is 0 Å². The first-order chi connectivity index (χ1) is 5.93. The first-order valence-corrected chi connectivity index (χ1v) is 3.15. The fraction of sp³-hybridized carbons (Fsp3) is 0.143. The van der Waals surface area contributed by atoms with E-state index in [2.05, 4.69) is 0 Å². The number of hydrogen-bond donors (Lipinski definition) is 1. The molecule has 1 aromatic rings. The van der Waals surface area contributed by atoms with Gasteiger partial charge in [0.25, 0.3) is 0 Å². The second-order valence-electron chi connectivity index (χ2n) is 2.26. The van der Waals surface area contributed by atoms with E-state index in [1.807, 2.05) is 4.98 Å². The lowest BCUT2D eigenvalue weighted by atomic mass is 10.2. The number of hydrogen-bond acceptors (Lipinski definition) is 2. The predicted octanol–water partition coefficient (Wildman–Crippen LogP) is 1.27. The Labute approximate surface area is 70.4 Å². The number of halogens is 3. The van der Waals surface area contributed by atoms with Crippen LogP contribution in [0.1, 0.15) is 11.3 Å². The highest BCUT2D eigenvalue weighted by molar-refractivity contribution is 5.27. The lowest BCUT2D eigenvalue weighted by molar-refractivity contribution is -0.137. The van der Waals surface area contributed by atoms with Crippen LogP contribution in [0.25, 0.3) is 0 Å². The molecule has 0 saturated heterocycles. The number of alkyl halides is 3. The van der Waals surface area contributed by atoms with Gasteiger partial charge in [-0.15, -0.1) is 0 Å². The standard InChI is InChI=1S/C7H3F3N2O/c8-7(9,10)4-1-5(3-11)12-6(13)2-4/h1-2H,(H,12,13). The third kappa shape index (κ3) is 2.08. The summed E-state index contributed by atoms with van der Waals surface area (Å²) >= 11 is 0. The van der Waals surface area contributed by atoms with E-state index in [-0.39, 0.29) is 0 Å². The summed E-state index contributed by atoms with van der Waals surface area (Å²) < 4.78 is 36.1. The fourth-order valence-corrected chi connectivity index (χ4v) is 0.767. The third-order valence-corrected chi connectivity index (χ3v) is 1.29. The van der Waals surface area contributed by atoms with Gasteiger partial charge in [0.05, 0.1) is 5.56 Å². The zero-order valence-corrected chi connectivity index (χ0v) is 6.14. The molecule has 1 N–H and O–H groups in total. The highest BCUT2D eigenvalue weighted by Gasteiger charge is 2.31. The number of rotatable bonds is 0. The molecule has 0 bridgehead atoms. The van der Waals surface area contributed by atoms with Gasteiger partial charge in [-0.25, -0.2) is 0 Å². The minimum absolute atomic E-state index is 0.403. The van der Waals surface area contributed by atoms with E-state index < -0.39 is 23.0 Å². The molecule has 0 aromatic carbocycles. The summed E-state index contributed by atoms with van der Waals surface area (Å²) in [5.41, 5.74) is -2.46. The number of nitrogens with one attached hydrogen (secondary N) is 1. The van der Waals surface area contributed by atoms with Crippen LogP contribution in [0.5, 0.6) is 0 Å². The number of aromatic nitrogens is 1. The molecular formula is C7H3F3N2O. The Kier molecular flexibility index (Phi) is 2.10. The average molecular weight is 188 g/mol. The van der Waals surface area contributed by atoms with E-state index >= 15 is 0 Å². The highest BCUT2D eigenvalue weighted by atomic mass is 19.4. The van der Waals surface area contributed by atoms with Gasteiger partial charge in [0, 0.05) is 6.07 Å². The van der Waals surface area contributed by atoms with Gasteiger partial charge in [-0.1, -0.05) is 0 Å². The molecule has 0 saturated carbocycles. The van der Waals surface area contributed by atoms with Gasteiger partial charge in [-0.3, -0.25) is 4.79 Å². The van der Waals surface area contributed by atoms with Gasteiger partial charge < -0.3 is 4.98 Å². The van der Waals surface area contributed by atoms with Crippen LogP contribution in [0.4, 0.5) is 13.2 Å². The normalized spacial score (nSPS) is 10.9. The summed E-state index contributed by atoms with van der Waals surface area (Å²) in [6, 6.07) is 2.41. The van der Waals surface area contributed by atoms with E-state index in [0.29, 0.717) is 12.1 Å². The monoisotopic (exact) mass is 188 g/mol. The quantitative estimate of drug-likeness (QED) is 0.666. The van der Waals surface area contributed by atoms with Gasteiger partial charge >= 0.3 is 6.18 Å². The Morgan fingerprint density at radius 2 is 2.00 bits per heavy atom. The predicted molar refractivity (Wildman–Crippen MR) is 36.8 cm³/mol. The van der Waals surface area contributed by atoms with Crippen molar-refractivity contribution in [2.45, 2.75) is 6.18 Å². The summed E-state index contributed by atoms with van der Waals surface area (Å²) in [7, 11) is 0. The van der Waals surface area contributed by atoms with Crippen molar-refractivity contribution in [1.82, 2.24) is 4.98 Å². The Balaban J connectivity index is 3.35. The zero-order chi connectivity index (χ0) is 10.1. The maximum Gasteiger partial charge on any atom is 0.416 e. The van der Waals surface area contributed by atoms with Crippen molar-refractivity contribution >= 4 is 0 Å². The van der Waals surface area contributed by atoms with Crippen molar-refractivity contribution in [3.63, 3.8) is 0 Å². The molecule has 0 amide bonds. The molecule has 0 spiro atoms. The molecule has 1 heterocycles. The maximum atomic E-state index is 12.0. The van der Waals surface area contributed by atoms with E-state index in [1.165, 1.54) is 6.07 Å². The Bertz CT molecular complexity index is 413. The molecule has 13 heavy (non-hydrogen) atoms. The summed E-state index contributed by atoms with van der Waals surface area (Å²) in [6.07, 6.45) is -4.60. The topological polar surface area (TPSA) is 56.6 Å². The largest absolute Gasteiger partial charge is 0.416 e. The fourth-order valence-electron chi connectivity index (χ4n) is 0.767. The first kappa shape index (κ1) is 9.32. The molecule has 1 aromatic heterocycles. The number of H-pyrrole nitrogens is 1. The van der Waals surface area contributed by atoms with Crippen LogP contribution in [-0.2, 0) is 6.18 Å². The third-order valence-electron chi connectivity index (χ3n) is 1.29. The summed E-state index contributed by atoms with van der Waals surface area (Å²) in [5, 5.41) is 8.26. The number of aromatic amines is 1. The Hall–Kier alpha value is -1.77. The molecule has 0 radical (unpaired) electrons. The lowest BCUT2D eigenvalue weighted by Gasteiger charge is -2.04. The van der Waals surface area contributed by atoms with Crippen molar-refractivity contribution in [3.8, 4) is 6.07 Å². The highest BCUT2D eigenvalue weighted by Crippen LogP contribution is 2.27. The van der Waals surface area contributed by atoms with Gasteiger partial charge in [0.1, 0.15) is 11.8 Å². The average Bonchev–Trinajstić information content (AvgIpc) is 2.01. The molecule has 0 aliphatic carbocycles. The lowest BCUT2D eigenvalue weighted by Crippen LogP contribution is -2.14. The first-order valence-electron chi connectivity index (χ1n) is 3.15. The molecule has 0 fully saturated rings. The van der Waals surface area contributed by atoms with Crippen LogP contribution in [0.3, 0.4) is 0 Å². The SMILES string of the molecule is N#Cc1cc(C(F)(F)F)cc(=O)[nH]1. The van der Waals surface area contributed by atoms with Crippen molar-refractivity contribution < 1.29 is 13.2 Å². The number of nitriles is 1. The number of nitrogens with zero attached hydrogens (tertiary/aromatic N) is 1. The van der Waals surface area contributed by atoms with Crippen molar-refractivity contribution in [2.24, 2.45) is 0 Å². The molecule has 0 unspecified atom stereocenters. The molecule has 0 aliphatic heterocycles. The van der Waals surface area contributed by atoms with Crippen LogP contribution in [-0.4, -0.2) is 4.98 Å². The molecule has 0 aliphatic rings. The molecule has 0 atom stereocenters. The second kappa shape index (κ2) is 2.94. The smallest absolute Gasteiger partial charge is 0.314 e. The van der Waals surface area contributed by atoms with Crippen molar-refractivity contribution in [3.05, 3.63) is 33.7 Å². The second-order valence-corrected chi connectivity index (χ2v) is 2.26. The zero-order valence-electron chi connectivity index (χ0n) is 6.14. The molecule has 1 rings (SSSR count).